The van der Waals surface area contributed by atoms with Crippen LogP contribution in [0, 0.1) is 10.1 Å². The van der Waals surface area contributed by atoms with Crippen LogP contribution in [-0.2, 0) is 10.5 Å². The molecule has 0 bridgehead atoms. The Labute approximate surface area is 222 Å². The highest BCUT2D eigenvalue weighted by molar-refractivity contribution is 7.98. The van der Waals surface area contributed by atoms with Gasteiger partial charge in [-0.3, -0.25) is 14.9 Å². The van der Waals surface area contributed by atoms with Crippen LogP contribution in [0.4, 0.5) is 17.3 Å². The molecule has 0 saturated carbocycles. The largest absolute Gasteiger partial charge is 0.496 e. The van der Waals surface area contributed by atoms with E-state index in [0.717, 1.165) is 11.1 Å². The number of nitrogens with zero attached hydrogens (tertiary/aromatic N) is 4. The number of rotatable bonds is 8. The lowest BCUT2D eigenvalue weighted by Gasteiger charge is -2.29. The number of carbonyl (C=O) groups excluding carboxylic acids is 1. The van der Waals surface area contributed by atoms with Gasteiger partial charge in [-0.2, -0.15) is 4.98 Å². The lowest BCUT2D eigenvalue weighted by atomic mass is 9.94. The second-order valence-corrected chi connectivity index (χ2v) is 9.45. The minimum Gasteiger partial charge on any atom is -0.496 e. The summed E-state index contributed by atoms with van der Waals surface area (Å²) in [6.45, 7) is 1.84. The monoisotopic (exact) mass is 528 g/mol. The number of anilines is 2. The first-order valence-electron chi connectivity index (χ1n) is 11.7. The molecule has 3 aromatic carbocycles. The van der Waals surface area contributed by atoms with Gasteiger partial charge in [-0.05, 0) is 30.7 Å². The highest BCUT2D eigenvalue weighted by Gasteiger charge is 2.36. The minimum atomic E-state index is -0.590. The van der Waals surface area contributed by atoms with Crippen molar-refractivity contribution in [2.24, 2.45) is 0 Å². The van der Waals surface area contributed by atoms with E-state index >= 15 is 0 Å². The van der Waals surface area contributed by atoms with Crippen molar-refractivity contribution in [3.63, 3.8) is 0 Å². The first-order chi connectivity index (χ1) is 18.4. The summed E-state index contributed by atoms with van der Waals surface area (Å²) in [5, 5.41) is 22.4. The van der Waals surface area contributed by atoms with Gasteiger partial charge in [0.25, 0.3) is 11.6 Å². The minimum absolute atomic E-state index is 0.0426. The maximum atomic E-state index is 13.6. The predicted molar refractivity (Wildman–Crippen MR) is 145 cm³/mol. The summed E-state index contributed by atoms with van der Waals surface area (Å²) >= 11 is 1.40. The van der Waals surface area contributed by atoms with Crippen LogP contribution in [0.5, 0.6) is 5.75 Å². The number of amides is 1. The molecule has 10 nitrogen and oxygen atoms in total. The van der Waals surface area contributed by atoms with Gasteiger partial charge in [0.15, 0.2) is 0 Å². The van der Waals surface area contributed by atoms with Crippen LogP contribution in [-0.4, -0.2) is 32.7 Å². The molecule has 1 aliphatic heterocycles. The second kappa shape index (κ2) is 10.8. The number of benzene rings is 3. The average molecular weight is 529 g/mol. The van der Waals surface area contributed by atoms with Crippen LogP contribution in [0.2, 0.25) is 0 Å². The van der Waals surface area contributed by atoms with Crippen LogP contribution >= 0.6 is 11.8 Å². The number of para-hydroxylation sites is 2. The fourth-order valence-electron chi connectivity index (χ4n) is 4.25. The standard InChI is InChI=1S/C27H24N6O4S/c1-17-23(25(34)29-19-8-4-3-5-9-19)24(21-10-6-7-11-22(21)37-2)32-26(28-17)30-27(31-32)38-16-18-12-14-20(15-13-18)33(35)36/h3-15,24H,16H2,1-2H3,(H,29,34)(H,28,30,31). The van der Waals surface area contributed by atoms with Crippen LogP contribution in [0.1, 0.15) is 24.1 Å². The van der Waals surface area contributed by atoms with Crippen molar-refractivity contribution >= 4 is 35.0 Å². The maximum Gasteiger partial charge on any atom is 0.269 e. The molecule has 192 valence electrons. The number of hydrogen-bond acceptors (Lipinski definition) is 8. The molecule has 0 aliphatic carbocycles. The van der Waals surface area contributed by atoms with Crippen molar-refractivity contribution in [2.75, 3.05) is 17.7 Å². The van der Waals surface area contributed by atoms with E-state index in [2.05, 4.69) is 15.6 Å². The Bertz CT molecular complexity index is 1520. The highest BCUT2D eigenvalue weighted by atomic mass is 32.2. The third-order valence-corrected chi connectivity index (χ3v) is 6.97. The van der Waals surface area contributed by atoms with Crippen molar-refractivity contribution in [3.05, 3.63) is 111 Å². The Hall–Kier alpha value is -4.64. The van der Waals surface area contributed by atoms with Crippen molar-refractivity contribution in [2.45, 2.75) is 23.9 Å². The Morgan fingerprint density at radius 2 is 1.82 bits per heavy atom. The Morgan fingerprint density at radius 3 is 2.53 bits per heavy atom. The van der Waals surface area contributed by atoms with E-state index in [4.69, 9.17) is 9.84 Å². The molecule has 38 heavy (non-hydrogen) atoms. The first kappa shape index (κ1) is 25.0. The lowest BCUT2D eigenvalue weighted by Crippen LogP contribution is -2.31. The number of hydrogen-bond donors (Lipinski definition) is 2. The van der Waals surface area contributed by atoms with Gasteiger partial charge in [0.05, 0.1) is 17.6 Å². The Morgan fingerprint density at radius 1 is 1.11 bits per heavy atom. The maximum absolute atomic E-state index is 13.6. The van der Waals surface area contributed by atoms with Gasteiger partial charge < -0.3 is 15.4 Å². The van der Waals surface area contributed by atoms with Crippen molar-refractivity contribution < 1.29 is 14.5 Å². The fraction of sp³-hybridized carbons (Fsp3) is 0.148. The molecule has 1 aromatic heterocycles. The molecule has 11 heteroatoms. The zero-order valence-electron chi connectivity index (χ0n) is 20.6. The van der Waals surface area contributed by atoms with Gasteiger partial charge in [0.2, 0.25) is 11.1 Å². The number of fused-ring (bicyclic) bond motifs is 1. The number of aromatic nitrogens is 3. The number of nitrogens with one attached hydrogen (secondary N) is 2. The quantitative estimate of drug-likeness (QED) is 0.177. The summed E-state index contributed by atoms with van der Waals surface area (Å²) in [5.74, 6) is 1.38. The van der Waals surface area contributed by atoms with Gasteiger partial charge in [-0.1, -0.05) is 60.3 Å². The van der Waals surface area contributed by atoms with Crippen LogP contribution in [0.15, 0.2) is 95.3 Å². The SMILES string of the molecule is COc1ccccc1C1C(C(=O)Nc2ccccc2)=C(C)Nc2nc(SCc3ccc([N+](=O)[O-])cc3)nn21. The van der Waals surface area contributed by atoms with E-state index < -0.39 is 11.0 Å². The molecule has 2 heterocycles. The molecule has 5 rings (SSSR count). The molecule has 1 unspecified atom stereocenters. The third kappa shape index (κ3) is 5.09. The van der Waals surface area contributed by atoms with E-state index in [1.807, 2.05) is 61.5 Å². The molecule has 0 radical (unpaired) electrons. The number of nitro benzene ring substituents is 1. The zero-order chi connectivity index (χ0) is 26.6. The summed E-state index contributed by atoms with van der Waals surface area (Å²) in [6, 6.07) is 22.6. The Balaban J connectivity index is 1.48. The molecule has 1 amide bonds. The molecule has 0 saturated heterocycles. The number of thioether (sulfide) groups is 1. The van der Waals surface area contributed by atoms with Crippen LogP contribution < -0.4 is 15.4 Å². The summed E-state index contributed by atoms with van der Waals surface area (Å²) in [7, 11) is 1.59. The summed E-state index contributed by atoms with van der Waals surface area (Å²) in [6.07, 6.45) is 0. The normalized spacial score (nSPS) is 14.4. The number of methoxy groups -OCH3 is 1. The number of nitro groups is 1. The van der Waals surface area contributed by atoms with Gasteiger partial charge in [-0.15, -0.1) is 5.10 Å². The number of non-ortho nitro benzene ring substituents is 1. The van der Waals surface area contributed by atoms with Gasteiger partial charge in [0, 0.05) is 34.8 Å². The molecule has 0 spiro atoms. The molecule has 1 aliphatic rings. The molecule has 1 atom stereocenters. The molecule has 4 aromatic rings. The van der Waals surface area contributed by atoms with E-state index in [0.29, 0.717) is 39.6 Å². The van der Waals surface area contributed by atoms with E-state index in [9.17, 15) is 14.9 Å². The van der Waals surface area contributed by atoms with Crippen LogP contribution in [0.3, 0.4) is 0 Å². The van der Waals surface area contributed by atoms with Crippen molar-refractivity contribution in [3.8, 4) is 5.75 Å². The molecular formula is C27H24N6O4S. The fourth-order valence-corrected chi connectivity index (χ4v) is 5.03. The number of carbonyl (C=O) groups is 1. The average Bonchev–Trinajstić information content (AvgIpc) is 3.34. The van der Waals surface area contributed by atoms with Gasteiger partial charge in [0.1, 0.15) is 11.8 Å². The van der Waals surface area contributed by atoms with Crippen molar-refractivity contribution in [1.82, 2.24) is 14.8 Å². The number of allylic oxidation sites excluding steroid dienone is 1. The third-order valence-electron chi connectivity index (χ3n) is 6.06. The second-order valence-electron chi connectivity index (χ2n) is 8.50. The molecular weight excluding hydrogens is 504 g/mol. The predicted octanol–water partition coefficient (Wildman–Crippen LogP) is 5.41. The van der Waals surface area contributed by atoms with E-state index in [-0.39, 0.29) is 11.6 Å². The summed E-state index contributed by atoms with van der Waals surface area (Å²) in [5.41, 5.74) is 3.54. The van der Waals surface area contributed by atoms with E-state index in [1.54, 1.807) is 23.9 Å². The van der Waals surface area contributed by atoms with Crippen LogP contribution in [0.25, 0.3) is 0 Å². The van der Waals surface area contributed by atoms with Gasteiger partial charge >= 0.3 is 0 Å². The highest BCUT2D eigenvalue weighted by Crippen LogP contribution is 2.40. The topological polar surface area (TPSA) is 124 Å². The first-order valence-corrected chi connectivity index (χ1v) is 12.7. The Kier molecular flexibility index (Phi) is 7.09. The lowest BCUT2D eigenvalue weighted by molar-refractivity contribution is -0.384. The summed E-state index contributed by atoms with van der Waals surface area (Å²) in [4.78, 5) is 28.8. The van der Waals surface area contributed by atoms with Crippen molar-refractivity contribution in [1.29, 1.82) is 0 Å². The smallest absolute Gasteiger partial charge is 0.269 e. The van der Waals surface area contributed by atoms with Gasteiger partial charge in [-0.25, -0.2) is 4.68 Å². The number of ether oxygens (including phenoxy) is 1. The molecule has 0 fully saturated rings. The zero-order valence-corrected chi connectivity index (χ0v) is 21.4. The summed E-state index contributed by atoms with van der Waals surface area (Å²) < 4.78 is 7.34. The van der Waals surface area contributed by atoms with E-state index in [1.165, 1.54) is 23.9 Å². The molecule has 2 N–H and O–H groups in total.